The Labute approximate surface area is 180 Å². The summed E-state index contributed by atoms with van der Waals surface area (Å²) in [4.78, 5) is 22.1. The molecule has 0 spiro atoms. The second-order valence-corrected chi connectivity index (χ2v) is 9.57. The first-order valence-corrected chi connectivity index (χ1v) is 11.2. The van der Waals surface area contributed by atoms with Crippen molar-refractivity contribution in [2.24, 2.45) is 29.6 Å². The van der Waals surface area contributed by atoms with Crippen LogP contribution in [0.15, 0.2) is 31.0 Å². The lowest BCUT2D eigenvalue weighted by Gasteiger charge is -2.38. The zero-order valence-corrected chi connectivity index (χ0v) is 18.5. The molecule has 160 valence electrons. The molecule has 1 aromatic heterocycles. The molecule has 0 unspecified atom stereocenters. The summed E-state index contributed by atoms with van der Waals surface area (Å²) in [6.07, 6.45) is 6.77. The van der Waals surface area contributed by atoms with Crippen LogP contribution in [0.3, 0.4) is 0 Å². The van der Waals surface area contributed by atoms with Crippen LogP contribution in [0.1, 0.15) is 37.9 Å². The van der Waals surface area contributed by atoms with Gasteiger partial charge in [-0.15, -0.1) is 0 Å². The highest BCUT2D eigenvalue weighted by atomic mass is 16.2. The molecule has 5 nitrogen and oxygen atoms in total. The Kier molecular flexibility index (Phi) is 5.92. The van der Waals surface area contributed by atoms with Gasteiger partial charge in [0.1, 0.15) is 0 Å². The van der Waals surface area contributed by atoms with Crippen LogP contribution < -0.4 is 0 Å². The molecular weight excluding hydrogens is 372 g/mol. The Bertz CT molecular complexity index is 864. The lowest BCUT2D eigenvalue weighted by Crippen LogP contribution is -2.44. The summed E-state index contributed by atoms with van der Waals surface area (Å²) in [5, 5.41) is 7.72. The highest BCUT2D eigenvalue weighted by molar-refractivity contribution is 6.09. The van der Waals surface area contributed by atoms with E-state index in [2.05, 4.69) is 35.3 Å². The van der Waals surface area contributed by atoms with Crippen LogP contribution in [0.5, 0.6) is 0 Å². The number of allylic oxidation sites excluding steroid dienone is 2. The van der Waals surface area contributed by atoms with Gasteiger partial charge in [0.05, 0.1) is 5.69 Å². The van der Waals surface area contributed by atoms with Crippen LogP contribution >= 0.6 is 0 Å². The molecule has 1 aliphatic carbocycles. The highest BCUT2D eigenvalue weighted by Crippen LogP contribution is 2.53. The minimum absolute atomic E-state index is 0.231. The van der Waals surface area contributed by atoms with Crippen molar-refractivity contribution in [3.8, 4) is 0 Å². The van der Waals surface area contributed by atoms with Crippen LogP contribution in [0.4, 0.5) is 0 Å². The quantitative estimate of drug-likeness (QED) is 0.731. The highest BCUT2D eigenvalue weighted by Gasteiger charge is 2.55. The fraction of sp³-hybridized carbons (Fsp3) is 0.560. The number of aromatic nitrogens is 1. The molecule has 3 aliphatic rings. The molecule has 0 radical (unpaired) electrons. The first-order chi connectivity index (χ1) is 14.4. The molecule has 3 fully saturated rings. The molecule has 1 aromatic rings. The van der Waals surface area contributed by atoms with Crippen molar-refractivity contribution in [1.29, 1.82) is 5.41 Å². The Balaban J connectivity index is 1.46. The number of piperidine rings is 2. The van der Waals surface area contributed by atoms with Crippen LogP contribution in [0, 0.1) is 35.0 Å². The average Bonchev–Trinajstić information content (AvgIpc) is 3.18. The summed E-state index contributed by atoms with van der Waals surface area (Å²) in [5.41, 5.74) is 3.65. The van der Waals surface area contributed by atoms with Crippen molar-refractivity contribution in [1.82, 2.24) is 14.8 Å². The second kappa shape index (κ2) is 8.46. The van der Waals surface area contributed by atoms with Gasteiger partial charge >= 0.3 is 0 Å². The van der Waals surface area contributed by atoms with Crippen molar-refractivity contribution in [3.05, 3.63) is 42.2 Å². The van der Waals surface area contributed by atoms with E-state index in [0.29, 0.717) is 24.2 Å². The van der Waals surface area contributed by atoms with E-state index in [9.17, 15) is 4.79 Å². The summed E-state index contributed by atoms with van der Waals surface area (Å²) in [7, 11) is 2.18. The predicted octanol–water partition coefficient (Wildman–Crippen LogP) is 3.83. The minimum Gasteiger partial charge on any atom is -0.342 e. The first-order valence-electron chi connectivity index (χ1n) is 11.2. The lowest BCUT2D eigenvalue weighted by molar-refractivity contribution is -0.134. The van der Waals surface area contributed by atoms with E-state index >= 15 is 0 Å². The number of likely N-dealkylation sites (tertiary alicyclic amines) is 2. The number of nitrogens with zero attached hydrogens (tertiary/aromatic N) is 3. The van der Waals surface area contributed by atoms with Gasteiger partial charge in [0.15, 0.2) is 0 Å². The summed E-state index contributed by atoms with van der Waals surface area (Å²) >= 11 is 0. The van der Waals surface area contributed by atoms with Crippen molar-refractivity contribution in [3.63, 3.8) is 0 Å². The van der Waals surface area contributed by atoms with E-state index < -0.39 is 0 Å². The van der Waals surface area contributed by atoms with Crippen molar-refractivity contribution in [2.45, 2.75) is 26.7 Å². The molecule has 0 aromatic carbocycles. The molecule has 3 heterocycles. The first kappa shape index (κ1) is 21.0. The molecule has 1 N–H and O–H groups in total. The van der Waals surface area contributed by atoms with Crippen molar-refractivity contribution in [2.75, 3.05) is 33.2 Å². The van der Waals surface area contributed by atoms with Gasteiger partial charge in [0.2, 0.25) is 5.91 Å². The number of carbonyl (C=O) groups is 1. The summed E-state index contributed by atoms with van der Waals surface area (Å²) in [6.45, 7) is 12.5. The fourth-order valence-electron chi connectivity index (χ4n) is 5.70. The van der Waals surface area contributed by atoms with E-state index in [0.717, 1.165) is 66.8 Å². The third-order valence-corrected chi connectivity index (χ3v) is 7.36. The molecular formula is C25H34N4O. The Hall–Kier alpha value is -2.27. The van der Waals surface area contributed by atoms with Gasteiger partial charge in [-0.3, -0.25) is 9.78 Å². The maximum atomic E-state index is 13.1. The van der Waals surface area contributed by atoms with Crippen molar-refractivity contribution < 1.29 is 4.79 Å². The lowest BCUT2D eigenvalue weighted by atomic mass is 9.82. The monoisotopic (exact) mass is 406 g/mol. The topological polar surface area (TPSA) is 60.3 Å². The SMILES string of the molecule is C=C(c1cccnc1/C(C=N)=C\C)[C@H]1C[C@@H](C)CN(C(=O)C[C@@H]2[C@H]3CN(C)C[C@@H]23)C1. The Morgan fingerprint density at radius 1 is 1.30 bits per heavy atom. The fourth-order valence-corrected chi connectivity index (χ4v) is 5.70. The summed E-state index contributed by atoms with van der Waals surface area (Å²) in [6, 6.07) is 3.98. The summed E-state index contributed by atoms with van der Waals surface area (Å²) < 4.78 is 0. The summed E-state index contributed by atoms with van der Waals surface area (Å²) in [5.74, 6) is 3.09. The normalized spacial score (nSPS) is 31.4. The molecule has 1 amide bonds. The smallest absolute Gasteiger partial charge is 0.222 e. The van der Waals surface area contributed by atoms with Crippen LogP contribution in [-0.4, -0.2) is 60.1 Å². The third kappa shape index (κ3) is 4.00. The zero-order chi connectivity index (χ0) is 21.4. The number of hydrogen-bond donors (Lipinski definition) is 1. The van der Waals surface area contributed by atoms with Gasteiger partial charge in [-0.05, 0) is 55.7 Å². The zero-order valence-electron chi connectivity index (χ0n) is 18.5. The van der Waals surface area contributed by atoms with Gasteiger partial charge in [0.25, 0.3) is 0 Å². The standard InChI is InChI=1S/C25H34N4O/c1-5-18(11-26)25-20(7-6-8-27-25)17(3)19-9-16(2)12-29(13-19)24(30)10-21-22-14-28(4)15-23(21)22/h5-8,11,16,19,21-23,26H,3,9-10,12-15H2,1-2,4H3/b18-5-,26-11?/t16-,19+,21-,22-,23+/m1/s1. The number of pyridine rings is 1. The number of rotatable bonds is 6. The van der Waals surface area contributed by atoms with E-state index in [1.165, 1.54) is 6.21 Å². The van der Waals surface area contributed by atoms with Gasteiger partial charge in [-0.2, -0.15) is 0 Å². The van der Waals surface area contributed by atoms with E-state index in [4.69, 9.17) is 5.41 Å². The van der Waals surface area contributed by atoms with Crippen LogP contribution in [0.2, 0.25) is 0 Å². The molecule has 5 heteroatoms. The van der Waals surface area contributed by atoms with Gasteiger partial charge in [-0.25, -0.2) is 0 Å². The predicted molar refractivity (Wildman–Crippen MR) is 122 cm³/mol. The van der Waals surface area contributed by atoms with E-state index in [1.807, 2.05) is 25.1 Å². The third-order valence-electron chi connectivity index (χ3n) is 7.36. The molecule has 1 saturated carbocycles. The molecule has 2 saturated heterocycles. The van der Waals surface area contributed by atoms with Crippen LogP contribution in [0.25, 0.3) is 11.1 Å². The number of nitrogens with one attached hydrogen (secondary N) is 1. The molecule has 2 aliphatic heterocycles. The molecule has 30 heavy (non-hydrogen) atoms. The van der Waals surface area contributed by atoms with Crippen LogP contribution in [-0.2, 0) is 4.79 Å². The van der Waals surface area contributed by atoms with Crippen molar-refractivity contribution >= 4 is 23.3 Å². The minimum atomic E-state index is 0.231. The van der Waals surface area contributed by atoms with Gasteiger partial charge in [0, 0.05) is 62.1 Å². The van der Waals surface area contributed by atoms with Gasteiger partial charge in [-0.1, -0.05) is 25.6 Å². The largest absolute Gasteiger partial charge is 0.342 e. The van der Waals surface area contributed by atoms with E-state index in [1.54, 1.807) is 6.20 Å². The van der Waals surface area contributed by atoms with E-state index in [-0.39, 0.29) is 5.92 Å². The number of hydrogen-bond acceptors (Lipinski definition) is 4. The second-order valence-electron chi connectivity index (χ2n) is 9.57. The maximum Gasteiger partial charge on any atom is 0.222 e. The van der Waals surface area contributed by atoms with Gasteiger partial charge < -0.3 is 15.2 Å². The Morgan fingerprint density at radius 3 is 2.70 bits per heavy atom. The Morgan fingerprint density at radius 2 is 2.03 bits per heavy atom. The maximum absolute atomic E-state index is 13.1. The molecule has 4 rings (SSSR count). The molecule has 5 atom stereocenters. The number of fused-ring (bicyclic) bond motifs is 1. The molecule has 0 bridgehead atoms. The number of amides is 1. The number of carbonyl (C=O) groups excluding carboxylic acids is 1. The average molecular weight is 407 g/mol.